The van der Waals surface area contributed by atoms with Crippen LogP contribution in [-0.4, -0.2) is 41.0 Å². The third kappa shape index (κ3) is 4.64. The van der Waals surface area contributed by atoms with E-state index in [1.54, 1.807) is 0 Å². The van der Waals surface area contributed by atoms with E-state index in [4.69, 9.17) is 4.52 Å². The van der Waals surface area contributed by atoms with Crippen LogP contribution in [0.25, 0.3) is 0 Å². The summed E-state index contributed by atoms with van der Waals surface area (Å²) in [6.07, 6.45) is 7.92. The molecule has 150 valence electrons. The Balaban J connectivity index is 1.30. The van der Waals surface area contributed by atoms with Gasteiger partial charge >= 0.3 is 0 Å². The quantitative estimate of drug-likeness (QED) is 0.746. The van der Waals surface area contributed by atoms with Crippen LogP contribution in [0, 0.1) is 11.8 Å². The van der Waals surface area contributed by atoms with Gasteiger partial charge < -0.3 is 9.42 Å². The number of benzene rings is 1. The van der Waals surface area contributed by atoms with Crippen molar-refractivity contribution in [1.82, 2.24) is 15.0 Å². The van der Waals surface area contributed by atoms with Gasteiger partial charge in [-0.15, -0.1) is 0 Å². The van der Waals surface area contributed by atoms with Gasteiger partial charge in [0.25, 0.3) is 5.91 Å². The van der Waals surface area contributed by atoms with Crippen LogP contribution in [0.15, 0.2) is 40.9 Å². The molecule has 2 heterocycles. The molecule has 28 heavy (non-hydrogen) atoms. The highest BCUT2D eigenvalue weighted by Crippen LogP contribution is 2.35. The Morgan fingerprint density at radius 3 is 2.68 bits per heavy atom. The van der Waals surface area contributed by atoms with Crippen molar-refractivity contribution in [3.8, 4) is 0 Å². The second-order valence-corrected chi connectivity index (χ2v) is 8.53. The fraction of sp³-hybridized carbons (Fsp3) is 0.565. The molecule has 1 aliphatic heterocycles. The largest absolute Gasteiger partial charge is 0.359 e. The predicted molar refractivity (Wildman–Crippen MR) is 109 cm³/mol. The van der Waals surface area contributed by atoms with Crippen LogP contribution in [0.5, 0.6) is 0 Å². The Bertz CT molecular complexity index is 767. The van der Waals surface area contributed by atoms with Crippen molar-refractivity contribution in [2.75, 3.05) is 20.1 Å². The minimum atomic E-state index is 0.0269. The number of rotatable bonds is 6. The van der Waals surface area contributed by atoms with E-state index in [2.05, 4.69) is 22.2 Å². The Morgan fingerprint density at radius 2 is 1.89 bits per heavy atom. The molecule has 1 atom stereocenters. The molecule has 0 radical (unpaired) electrons. The van der Waals surface area contributed by atoms with Gasteiger partial charge in [0.1, 0.15) is 0 Å². The van der Waals surface area contributed by atoms with Gasteiger partial charge in [-0.05, 0) is 30.9 Å². The van der Waals surface area contributed by atoms with E-state index in [1.165, 1.54) is 37.7 Å². The van der Waals surface area contributed by atoms with Gasteiger partial charge in [0, 0.05) is 25.7 Å². The molecule has 1 aromatic heterocycles. The summed E-state index contributed by atoms with van der Waals surface area (Å²) >= 11 is 0. The molecule has 2 fully saturated rings. The first-order chi connectivity index (χ1) is 13.7. The lowest BCUT2D eigenvalue weighted by atomic mass is 9.80. The lowest BCUT2D eigenvalue weighted by molar-refractivity contribution is 0.0769. The second-order valence-electron chi connectivity index (χ2n) is 8.53. The summed E-state index contributed by atoms with van der Waals surface area (Å²) in [5.74, 6) is 2.25. The first-order valence-corrected chi connectivity index (χ1v) is 10.7. The average molecular weight is 382 g/mol. The smallest absolute Gasteiger partial charge is 0.276 e. The lowest BCUT2D eigenvalue weighted by Gasteiger charge is -2.27. The van der Waals surface area contributed by atoms with Crippen molar-refractivity contribution >= 4 is 5.91 Å². The third-order valence-electron chi connectivity index (χ3n) is 6.33. The number of amides is 1. The van der Waals surface area contributed by atoms with Gasteiger partial charge in [-0.3, -0.25) is 9.69 Å². The van der Waals surface area contributed by atoms with Crippen LogP contribution in [-0.2, 0) is 13.1 Å². The number of carbonyl (C=O) groups is 1. The van der Waals surface area contributed by atoms with Crippen molar-refractivity contribution < 1.29 is 9.32 Å². The van der Waals surface area contributed by atoms with Crippen molar-refractivity contribution in [3.63, 3.8) is 0 Å². The minimum Gasteiger partial charge on any atom is -0.359 e. The summed E-state index contributed by atoms with van der Waals surface area (Å²) in [5.41, 5.74) is 1.71. The maximum Gasteiger partial charge on any atom is 0.276 e. The first kappa shape index (κ1) is 19.2. The van der Waals surface area contributed by atoms with E-state index < -0.39 is 0 Å². The van der Waals surface area contributed by atoms with E-state index in [0.717, 1.165) is 37.7 Å². The molecular weight excluding hydrogens is 350 g/mol. The third-order valence-corrected chi connectivity index (χ3v) is 6.33. The number of hydrogen-bond acceptors (Lipinski definition) is 4. The fourth-order valence-electron chi connectivity index (χ4n) is 4.83. The Hall–Kier alpha value is -2.14. The Morgan fingerprint density at radius 1 is 1.11 bits per heavy atom. The topological polar surface area (TPSA) is 49.6 Å². The van der Waals surface area contributed by atoms with Gasteiger partial charge in [0.2, 0.25) is 0 Å². The van der Waals surface area contributed by atoms with Crippen molar-refractivity contribution in [3.05, 3.63) is 53.4 Å². The highest BCUT2D eigenvalue weighted by Gasteiger charge is 2.33. The number of carbonyl (C=O) groups excluding carboxylic acids is 1. The van der Waals surface area contributed by atoms with E-state index in [0.29, 0.717) is 18.2 Å². The molecule has 0 unspecified atom stereocenters. The standard InChI is InChI=1S/C23H31N3O2/c1-25(15-18-8-4-2-5-9-18)17-21-14-22(24-28-21)23(27)26-13-12-20(16-26)19-10-6-3-7-11-19/h2,4-5,8-9,14,19-20H,3,6-7,10-13,15-17H2,1H3/t20-/m1/s1. The van der Waals surface area contributed by atoms with E-state index in [1.807, 2.05) is 36.2 Å². The van der Waals surface area contributed by atoms with Gasteiger partial charge in [-0.25, -0.2) is 0 Å². The fourth-order valence-corrected chi connectivity index (χ4v) is 4.83. The summed E-state index contributed by atoms with van der Waals surface area (Å²) in [5, 5.41) is 4.07. The molecule has 0 spiro atoms. The summed E-state index contributed by atoms with van der Waals surface area (Å²) in [6, 6.07) is 12.2. The van der Waals surface area contributed by atoms with E-state index in [-0.39, 0.29) is 5.91 Å². The van der Waals surface area contributed by atoms with Crippen LogP contribution in [0.2, 0.25) is 0 Å². The van der Waals surface area contributed by atoms with Crippen molar-refractivity contribution in [1.29, 1.82) is 0 Å². The van der Waals surface area contributed by atoms with Crippen LogP contribution >= 0.6 is 0 Å². The van der Waals surface area contributed by atoms with Gasteiger partial charge in [-0.2, -0.15) is 0 Å². The highest BCUT2D eigenvalue weighted by atomic mass is 16.5. The molecule has 1 aromatic carbocycles. The Labute approximate surface area is 167 Å². The highest BCUT2D eigenvalue weighted by molar-refractivity contribution is 5.92. The average Bonchev–Trinajstić information content (AvgIpc) is 3.39. The summed E-state index contributed by atoms with van der Waals surface area (Å²) in [4.78, 5) is 17.0. The van der Waals surface area contributed by atoms with E-state index in [9.17, 15) is 4.79 Å². The number of aromatic nitrogens is 1. The molecule has 5 heteroatoms. The second kappa shape index (κ2) is 8.91. The molecule has 0 bridgehead atoms. The molecule has 4 rings (SSSR count). The minimum absolute atomic E-state index is 0.0269. The first-order valence-electron chi connectivity index (χ1n) is 10.7. The molecule has 5 nitrogen and oxygen atoms in total. The van der Waals surface area contributed by atoms with Crippen LogP contribution in [0.1, 0.15) is 60.3 Å². The maximum atomic E-state index is 12.9. The molecule has 1 saturated carbocycles. The van der Waals surface area contributed by atoms with Crippen LogP contribution in [0.3, 0.4) is 0 Å². The molecule has 2 aliphatic rings. The van der Waals surface area contributed by atoms with Crippen LogP contribution in [0.4, 0.5) is 0 Å². The monoisotopic (exact) mass is 381 g/mol. The zero-order valence-corrected chi connectivity index (χ0v) is 16.8. The predicted octanol–water partition coefficient (Wildman–Crippen LogP) is 4.35. The van der Waals surface area contributed by atoms with Gasteiger partial charge in [-0.1, -0.05) is 67.6 Å². The molecule has 1 aliphatic carbocycles. The van der Waals surface area contributed by atoms with Crippen molar-refractivity contribution in [2.45, 2.75) is 51.6 Å². The van der Waals surface area contributed by atoms with Crippen molar-refractivity contribution in [2.24, 2.45) is 11.8 Å². The number of nitrogens with zero attached hydrogens (tertiary/aromatic N) is 3. The van der Waals surface area contributed by atoms with Gasteiger partial charge in [0.05, 0.1) is 6.54 Å². The number of likely N-dealkylation sites (tertiary alicyclic amines) is 1. The molecular formula is C23H31N3O2. The maximum absolute atomic E-state index is 12.9. The molecule has 1 amide bonds. The van der Waals surface area contributed by atoms with E-state index >= 15 is 0 Å². The molecule has 0 N–H and O–H groups in total. The van der Waals surface area contributed by atoms with Crippen LogP contribution < -0.4 is 0 Å². The Kier molecular flexibility index (Phi) is 6.10. The molecule has 1 saturated heterocycles. The van der Waals surface area contributed by atoms with Gasteiger partial charge in [0.15, 0.2) is 11.5 Å². The number of hydrogen-bond donors (Lipinski definition) is 0. The summed E-state index contributed by atoms with van der Waals surface area (Å²) in [6.45, 7) is 3.22. The summed E-state index contributed by atoms with van der Waals surface area (Å²) < 4.78 is 5.46. The summed E-state index contributed by atoms with van der Waals surface area (Å²) in [7, 11) is 2.05. The lowest BCUT2D eigenvalue weighted by Crippen LogP contribution is -2.30. The SMILES string of the molecule is CN(Cc1ccccc1)Cc1cc(C(=O)N2CC[C@@H](C3CCCCC3)C2)no1. The zero-order valence-electron chi connectivity index (χ0n) is 16.8. The normalized spacial score (nSPS) is 20.8. The molecule has 2 aromatic rings. The zero-order chi connectivity index (χ0) is 19.3.